The van der Waals surface area contributed by atoms with Gasteiger partial charge in [-0.15, -0.1) is 0 Å². The molecule has 0 saturated heterocycles. The average molecular weight is 299 g/mol. The Morgan fingerprint density at radius 1 is 1.29 bits per heavy atom. The molecule has 1 aromatic heterocycles. The highest BCUT2D eigenvalue weighted by Gasteiger charge is 2.30. The molecule has 0 aliphatic rings. The van der Waals surface area contributed by atoms with Crippen LogP contribution in [0.4, 0.5) is 18.9 Å². The van der Waals surface area contributed by atoms with Crippen molar-refractivity contribution >= 4 is 11.7 Å². The molecule has 21 heavy (non-hydrogen) atoms. The van der Waals surface area contributed by atoms with E-state index in [2.05, 4.69) is 5.32 Å². The lowest BCUT2D eigenvalue weighted by Gasteiger charge is -2.12. The fourth-order valence-corrected chi connectivity index (χ4v) is 1.76. The molecule has 0 aliphatic heterocycles. The molecule has 1 heterocycles. The van der Waals surface area contributed by atoms with Gasteiger partial charge in [0.15, 0.2) is 0 Å². The van der Waals surface area contributed by atoms with Gasteiger partial charge in [0.05, 0.1) is 12.1 Å². The van der Waals surface area contributed by atoms with E-state index >= 15 is 0 Å². The van der Waals surface area contributed by atoms with Crippen molar-refractivity contribution in [3.05, 3.63) is 53.0 Å². The third-order valence-corrected chi connectivity index (χ3v) is 2.89. The summed E-state index contributed by atoms with van der Waals surface area (Å²) in [6.45, 7) is 1.77. The number of aryl methyl sites for hydroxylation is 1. The smallest absolute Gasteiger partial charge is 0.416 e. The number of furan rings is 1. The van der Waals surface area contributed by atoms with E-state index < -0.39 is 17.7 Å². The van der Waals surface area contributed by atoms with E-state index in [9.17, 15) is 18.0 Å². The molecule has 2 aromatic rings. The zero-order valence-electron chi connectivity index (χ0n) is 11.0. The van der Waals surface area contributed by atoms with E-state index in [4.69, 9.17) is 9.52 Å². The molecule has 0 saturated carbocycles. The second-order valence-electron chi connectivity index (χ2n) is 4.45. The van der Waals surface area contributed by atoms with E-state index in [-0.39, 0.29) is 12.3 Å². The zero-order chi connectivity index (χ0) is 15.6. The van der Waals surface area contributed by atoms with Crippen molar-refractivity contribution in [3.8, 4) is 0 Å². The van der Waals surface area contributed by atoms with Crippen LogP contribution in [0.15, 0.2) is 34.7 Å². The number of alkyl halides is 3. The highest BCUT2D eigenvalue weighted by Crippen LogP contribution is 2.32. The van der Waals surface area contributed by atoms with Crippen LogP contribution in [0.1, 0.15) is 27.4 Å². The van der Waals surface area contributed by atoms with Crippen LogP contribution in [0, 0.1) is 6.92 Å². The Bertz CT molecular complexity index is 662. The highest BCUT2D eigenvalue weighted by atomic mass is 19.4. The minimum absolute atomic E-state index is 0.0927. The summed E-state index contributed by atoms with van der Waals surface area (Å²) < 4.78 is 43.0. The van der Waals surface area contributed by atoms with Gasteiger partial charge < -0.3 is 14.8 Å². The number of aromatic carboxylic acids is 1. The topological polar surface area (TPSA) is 62.5 Å². The third-order valence-electron chi connectivity index (χ3n) is 2.89. The van der Waals surface area contributed by atoms with E-state index in [0.717, 1.165) is 12.1 Å². The van der Waals surface area contributed by atoms with Gasteiger partial charge in [-0.1, -0.05) is 6.07 Å². The molecule has 1 aromatic carbocycles. The Morgan fingerprint density at radius 3 is 2.57 bits per heavy atom. The molecule has 0 aliphatic carbocycles. The third kappa shape index (κ3) is 3.56. The number of anilines is 1. The van der Waals surface area contributed by atoms with Crippen LogP contribution in [0.3, 0.4) is 0 Å². The van der Waals surface area contributed by atoms with Crippen LogP contribution >= 0.6 is 0 Å². The van der Waals surface area contributed by atoms with Gasteiger partial charge in [0.25, 0.3) is 0 Å². The summed E-state index contributed by atoms with van der Waals surface area (Å²) >= 11 is 0. The fourth-order valence-electron chi connectivity index (χ4n) is 1.76. The molecule has 7 heteroatoms. The highest BCUT2D eigenvalue weighted by molar-refractivity contribution is 5.84. The van der Waals surface area contributed by atoms with Gasteiger partial charge in [0.2, 0.25) is 5.76 Å². The summed E-state index contributed by atoms with van der Waals surface area (Å²) in [5, 5.41) is 11.5. The van der Waals surface area contributed by atoms with Gasteiger partial charge in [0, 0.05) is 5.69 Å². The molecule has 4 nitrogen and oxygen atoms in total. The number of carbonyl (C=O) groups is 1. The van der Waals surface area contributed by atoms with E-state index in [1.807, 2.05) is 0 Å². The minimum Gasteiger partial charge on any atom is -0.475 e. The van der Waals surface area contributed by atoms with Gasteiger partial charge in [-0.2, -0.15) is 13.2 Å². The SMILES string of the molecule is Cc1ccc(C(F)(F)F)cc1NCc1ccc(C(=O)O)o1. The Morgan fingerprint density at radius 2 is 2.00 bits per heavy atom. The summed E-state index contributed by atoms with van der Waals surface area (Å²) in [5.41, 5.74) is 0.215. The minimum atomic E-state index is -4.41. The predicted molar refractivity (Wildman–Crippen MR) is 69.2 cm³/mol. The van der Waals surface area contributed by atoms with Crippen molar-refractivity contribution in [2.75, 3.05) is 5.32 Å². The largest absolute Gasteiger partial charge is 0.475 e. The van der Waals surface area contributed by atoms with E-state index in [0.29, 0.717) is 17.0 Å². The number of carboxylic acid groups (broad SMARTS) is 1. The molecule has 0 spiro atoms. The normalized spacial score (nSPS) is 11.4. The first kappa shape index (κ1) is 15.0. The summed E-state index contributed by atoms with van der Waals surface area (Å²) in [4.78, 5) is 10.7. The van der Waals surface area contributed by atoms with Gasteiger partial charge >= 0.3 is 12.1 Å². The van der Waals surface area contributed by atoms with Crippen molar-refractivity contribution < 1.29 is 27.5 Å². The lowest BCUT2D eigenvalue weighted by molar-refractivity contribution is -0.137. The average Bonchev–Trinajstić information content (AvgIpc) is 2.85. The molecule has 0 atom stereocenters. The van der Waals surface area contributed by atoms with Crippen LogP contribution in [0.25, 0.3) is 0 Å². The second-order valence-corrected chi connectivity index (χ2v) is 4.45. The monoisotopic (exact) mass is 299 g/mol. The van der Waals surface area contributed by atoms with Crippen LogP contribution in [-0.4, -0.2) is 11.1 Å². The van der Waals surface area contributed by atoms with E-state index in [1.165, 1.54) is 18.2 Å². The molecule has 112 valence electrons. The van der Waals surface area contributed by atoms with Crippen molar-refractivity contribution in [1.82, 2.24) is 0 Å². The van der Waals surface area contributed by atoms with Crippen molar-refractivity contribution in [3.63, 3.8) is 0 Å². The summed E-state index contributed by atoms with van der Waals surface area (Å²) in [6.07, 6.45) is -4.41. The summed E-state index contributed by atoms with van der Waals surface area (Å²) in [5.74, 6) is -1.09. The first-order valence-electron chi connectivity index (χ1n) is 6.01. The maximum atomic E-state index is 12.6. The molecule has 0 bridgehead atoms. The molecular formula is C14H12F3NO3. The second kappa shape index (κ2) is 5.51. The lowest BCUT2D eigenvalue weighted by atomic mass is 10.1. The first-order chi connectivity index (χ1) is 9.77. The molecule has 0 fully saturated rings. The van der Waals surface area contributed by atoms with Crippen molar-refractivity contribution in [2.45, 2.75) is 19.6 Å². The van der Waals surface area contributed by atoms with Gasteiger partial charge in [-0.25, -0.2) is 4.79 Å². The fraction of sp³-hybridized carbons (Fsp3) is 0.214. The standard InChI is InChI=1S/C14H12F3NO3/c1-8-2-3-9(14(15,16)17)6-11(8)18-7-10-4-5-12(21-10)13(19)20/h2-6,18H,7H2,1H3,(H,19,20). The first-order valence-corrected chi connectivity index (χ1v) is 6.01. The Hall–Kier alpha value is -2.44. The quantitative estimate of drug-likeness (QED) is 0.898. The molecule has 2 N–H and O–H groups in total. The van der Waals surface area contributed by atoms with Gasteiger partial charge in [-0.05, 0) is 36.8 Å². The number of hydrogen-bond acceptors (Lipinski definition) is 3. The Balaban J connectivity index is 2.13. The summed E-state index contributed by atoms with van der Waals surface area (Å²) in [7, 11) is 0. The number of carboxylic acids is 1. The van der Waals surface area contributed by atoms with Gasteiger partial charge in [-0.3, -0.25) is 0 Å². The van der Waals surface area contributed by atoms with Crippen LogP contribution in [0.2, 0.25) is 0 Å². The molecule has 0 radical (unpaired) electrons. The summed E-state index contributed by atoms with van der Waals surface area (Å²) in [6, 6.07) is 6.14. The molecule has 0 amide bonds. The molecular weight excluding hydrogens is 287 g/mol. The Kier molecular flexibility index (Phi) is 3.93. The number of rotatable bonds is 4. The number of nitrogens with one attached hydrogen (secondary N) is 1. The van der Waals surface area contributed by atoms with Gasteiger partial charge in [0.1, 0.15) is 5.76 Å². The maximum absolute atomic E-state index is 12.6. The van der Waals surface area contributed by atoms with Crippen LogP contribution < -0.4 is 5.32 Å². The number of benzene rings is 1. The van der Waals surface area contributed by atoms with Crippen LogP contribution in [-0.2, 0) is 12.7 Å². The predicted octanol–water partition coefficient (Wildman–Crippen LogP) is 3.92. The number of halogens is 3. The maximum Gasteiger partial charge on any atom is 0.416 e. The number of hydrogen-bond donors (Lipinski definition) is 2. The van der Waals surface area contributed by atoms with E-state index in [1.54, 1.807) is 6.92 Å². The van der Waals surface area contributed by atoms with Crippen molar-refractivity contribution in [2.24, 2.45) is 0 Å². The molecule has 0 unspecified atom stereocenters. The zero-order valence-corrected chi connectivity index (χ0v) is 11.0. The molecule has 2 rings (SSSR count). The van der Waals surface area contributed by atoms with Crippen molar-refractivity contribution in [1.29, 1.82) is 0 Å². The Labute approximate surface area is 118 Å². The lowest BCUT2D eigenvalue weighted by Crippen LogP contribution is -2.07. The van der Waals surface area contributed by atoms with Crippen LogP contribution in [0.5, 0.6) is 0 Å².